The Bertz CT molecular complexity index is 254. The van der Waals surface area contributed by atoms with Crippen molar-refractivity contribution < 1.29 is 19.7 Å². The molecule has 0 rings (SSSR count). The van der Waals surface area contributed by atoms with Gasteiger partial charge in [-0.15, -0.1) is 12.4 Å². The standard InChI is InChI=1S/C22H46O4.ClH/c1-2-3-4-5-6-7-8-9-10-11-12-13-14-15-16-22(24)21-26-20-19-25-18-17-23;/h22-24H,2-21H2,1H3;1H. The van der Waals surface area contributed by atoms with Gasteiger partial charge in [-0.1, -0.05) is 96.8 Å². The number of unbranched alkanes of at least 4 members (excludes halogenated alkanes) is 13. The molecule has 0 saturated carbocycles. The van der Waals surface area contributed by atoms with Crippen molar-refractivity contribution in [1.82, 2.24) is 0 Å². The highest BCUT2D eigenvalue weighted by atomic mass is 35.5. The summed E-state index contributed by atoms with van der Waals surface area (Å²) in [6, 6.07) is 0. The summed E-state index contributed by atoms with van der Waals surface area (Å²) < 4.78 is 10.4. The zero-order valence-corrected chi connectivity index (χ0v) is 18.7. The first-order valence-electron chi connectivity index (χ1n) is 11.3. The average molecular weight is 411 g/mol. The maximum absolute atomic E-state index is 9.84. The maximum atomic E-state index is 9.84. The van der Waals surface area contributed by atoms with Crippen LogP contribution in [0.1, 0.15) is 103 Å². The fraction of sp³-hybridized carbons (Fsp3) is 1.00. The topological polar surface area (TPSA) is 58.9 Å². The summed E-state index contributed by atoms with van der Waals surface area (Å²) in [7, 11) is 0. The molecule has 0 bridgehead atoms. The van der Waals surface area contributed by atoms with E-state index in [9.17, 15) is 5.11 Å². The van der Waals surface area contributed by atoms with Crippen LogP contribution in [0.4, 0.5) is 0 Å². The summed E-state index contributed by atoms with van der Waals surface area (Å²) in [6.45, 7) is 4.02. The Morgan fingerprint density at radius 2 is 1.07 bits per heavy atom. The van der Waals surface area contributed by atoms with Crippen LogP contribution in [-0.4, -0.2) is 49.4 Å². The van der Waals surface area contributed by atoms with Crippen LogP contribution in [0.3, 0.4) is 0 Å². The summed E-state index contributed by atoms with van der Waals surface area (Å²) >= 11 is 0. The van der Waals surface area contributed by atoms with E-state index in [2.05, 4.69) is 6.92 Å². The monoisotopic (exact) mass is 410 g/mol. The van der Waals surface area contributed by atoms with Gasteiger partial charge in [0.25, 0.3) is 0 Å². The van der Waals surface area contributed by atoms with Crippen molar-refractivity contribution in [2.45, 2.75) is 109 Å². The fourth-order valence-corrected chi connectivity index (χ4v) is 3.16. The third-order valence-electron chi connectivity index (χ3n) is 4.81. The molecule has 0 fully saturated rings. The van der Waals surface area contributed by atoms with Crippen molar-refractivity contribution in [3.05, 3.63) is 0 Å². The van der Waals surface area contributed by atoms with Crippen LogP contribution < -0.4 is 0 Å². The largest absolute Gasteiger partial charge is 0.394 e. The normalized spacial score (nSPS) is 12.1. The summed E-state index contributed by atoms with van der Waals surface area (Å²) in [5.41, 5.74) is 0. The first-order valence-corrected chi connectivity index (χ1v) is 11.3. The minimum Gasteiger partial charge on any atom is -0.394 e. The highest BCUT2D eigenvalue weighted by Crippen LogP contribution is 2.13. The summed E-state index contributed by atoms with van der Waals surface area (Å²) in [6.07, 6.45) is 19.5. The molecule has 0 aliphatic rings. The Balaban J connectivity index is 0. The second kappa shape index (κ2) is 26.1. The number of hydrogen-bond donors (Lipinski definition) is 2. The van der Waals surface area contributed by atoms with Crippen molar-refractivity contribution in [3.8, 4) is 0 Å². The summed E-state index contributed by atoms with van der Waals surface area (Å²) in [4.78, 5) is 0. The summed E-state index contributed by atoms with van der Waals surface area (Å²) in [5, 5.41) is 18.4. The van der Waals surface area contributed by atoms with Gasteiger partial charge in [-0.2, -0.15) is 0 Å². The van der Waals surface area contributed by atoms with Gasteiger partial charge < -0.3 is 19.7 Å². The van der Waals surface area contributed by atoms with Crippen LogP contribution in [-0.2, 0) is 9.47 Å². The highest BCUT2D eigenvalue weighted by molar-refractivity contribution is 5.85. The molecule has 4 nitrogen and oxygen atoms in total. The number of hydrogen-bond acceptors (Lipinski definition) is 4. The van der Waals surface area contributed by atoms with E-state index >= 15 is 0 Å². The lowest BCUT2D eigenvalue weighted by Gasteiger charge is -2.11. The molecule has 27 heavy (non-hydrogen) atoms. The van der Waals surface area contributed by atoms with Crippen LogP contribution in [0.2, 0.25) is 0 Å². The molecule has 0 spiro atoms. The average Bonchev–Trinajstić information content (AvgIpc) is 2.65. The summed E-state index contributed by atoms with van der Waals surface area (Å²) in [5.74, 6) is 0. The third-order valence-corrected chi connectivity index (χ3v) is 4.81. The molecule has 2 N–H and O–H groups in total. The SMILES string of the molecule is CCCCCCCCCCCCCCCCC(O)COCCOCCO.Cl. The highest BCUT2D eigenvalue weighted by Gasteiger charge is 2.04. The van der Waals surface area contributed by atoms with E-state index in [1.807, 2.05) is 0 Å². The third kappa shape index (κ3) is 26.1. The Morgan fingerprint density at radius 3 is 1.56 bits per heavy atom. The van der Waals surface area contributed by atoms with E-state index in [1.54, 1.807) is 0 Å². The Hall–Kier alpha value is 0.130. The molecule has 0 aliphatic carbocycles. The van der Waals surface area contributed by atoms with E-state index in [-0.39, 0.29) is 25.1 Å². The molecular weight excluding hydrogens is 364 g/mol. The zero-order valence-electron chi connectivity index (χ0n) is 17.8. The van der Waals surface area contributed by atoms with Gasteiger partial charge >= 0.3 is 0 Å². The van der Waals surface area contributed by atoms with Gasteiger partial charge in [-0.3, -0.25) is 0 Å². The van der Waals surface area contributed by atoms with E-state index in [1.165, 1.54) is 83.5 Å². The van der Waals surface area contributed by atoms with Gasteiger partial charge in [-0.05, 0) is 6.42 Å². The van der Waals surface area contributed by atoms with Crippen molar-refractivity contribution in [3.63, 3.8) is 0 Å². The van der Waals surface area contributed by atoms with Crippen LogP contribution in [0.5, 0.6) is 0 Å². The predicted molar refractivity (Wildman–Crippen MR) is 117 cm³/mol. The van der Waals surface area contributed by atoms with Crippen molar-refractivity contribution in [2.24, 2.45) is 0 Å². The van der Waals surface area contributed by atoms with Crippen LogP contribution >= 0.6 is 12.4 Å². The molecule has 0 aromatic carbocycles. The van der Waals surface area contributed by atoms with E-state index in [0.29, 0.717) is 26.4 Å². The van der Waals surface area contributed by atoms with Gasteiger partial charge in [0.15, 0.2) is 0 Å². The van der Waals surface area contributed by atoms with Gasteiger partial charge in [0, 0.05) is 0 Å². The molecule has 1 atom stereocenters. The van der Waals surface area contributed by atoms with E-state index in [4.69, 9.17) is 14.6 Å². The fourth-order valence-electron chi connectivity index (χ4n) is 3.16. The van der Waals surface area contributed by atoms with Crippen LogP contribution in [0, 0.1) is 0 Å². The smallest absolute Gasteiger partial charge is 0.0773 e. The second-order valence-electron chi connectivity index (χ2n) is 7.45. The number of ether oxygens (including phenoxy) is 2. The van der Waals surface area contributed by atoms with Crippen molar-refractivity contribution >= 4 is 12.4 Å². The molecule has 0 radical (unpaired) electrons. The Morgan fingerprint density at radius 1 is 0.630 bits per heavy atom. The van der Waals surface area contributed by atoms with Gasteiger partial charge in [0.2, 0.25) is 0 Å². The first kappa shape index (κ1) is 29.3. The maximum Gasteiger partial charge on any atom is 0.0773 e. The van der Waals surface area contributed by atoms with Crippen LogP contribution in [0.25, 0.3) is 0 Å². The quantitative estimate of drug-likeness (QED) is 0.226. The molecule has 0 aromatic heterocycles. The van der Waals surface area contributed by atoms with E-state index < -0.39 is 0 Å². The molecule has 1 unspecified atom stereocenters. The van der Waals surface area contributed by atoms with Crippen LogP contribution in [0.15, 0.2) is 0 Å². The Kier molecular flexibility index (Phi) is 28.4. The lowest BCUT2D eigenvalue weighted by atomic mass is 10.0. The molecular formula is C22H47ClO4. The second-order valence-corrected chi connectivity index (χ2v) is 7.45. The molecule has 0 saturated heterocycles. The molecule has 0 amide bonds. The van der Waals surface area contributed by atoms with Crippen molar-refractivity contribution in [1.29, 1.82) is 0 Å². The first-order chi connectivity index (χ1) is 12.8. The molecule has 0 aromatic rings. The van der Waals surface area contributed by atoms with Gasteiger partial charge in [0.05, 0.1) is 39.1 Å². The number of rotatable bonds is 22. The van der Waals surface area contributed by atoms with E-state index in [0.717, 1.165) is 12.8 Å². The molecule has 0 aliphatic heterocycles. The minimum atomic E-state index is -0.356. The lowest BCUT2D eigenvalue weighted by Crippen LogP contribution is -2.17. The molecule has 166 valence electrons. The van der Waals surface area contributed by atoms with Crippen molar-refractivity contribution in [2.75, 3.05) is 33.0 Å². The number of aliphatic hydroxyl groups is 2. The number of halogens is 1. The minimum absolute atomic E-state index is 0. The molecule has 0 heterocycles. The van der Waals surface area contributed by atoms with Gasteiger partial charge in [-0.25, -0.2) is 0 Å². The predicted octanol–water partition coefficient (Wildman–Crippen LogP) is 5.67. The molecule has 5 heteroatoms. The Labute approximate surface area is 174 Å². The number of aliphatic hydroxyl groups excluding tert-OH is 2. The zero-order chi connectivity index (χ0) is 19.1. The lowest BCUT2D eigenvalue weighted by molar-refractivity contribution is -0.00465. The van der Waals surface area contributed by atoms with Gasteiger partial charge in [0.1, 0.15) is 0 Å².